The summed E-state index contributed by atoms with van der Waals surface area (Å²) in [5.41, 5.74) is 5.59. The second-order valence-electron chi connectivity index (χ2n) is 4.76. The summed E-state index contributed by atoms with van der Waals surface area (Å²) in [6.07, 6.45) is 6.19. The Morgan fingerprint density at radius 2 is 2.00 bits per heavy atom. The first-order valence-electron chi connectivity index (χ1n) is 6.38. The van der Waals surface area contributed by atoms with Gasteiger partial charge in [0.2, 0.25) is 5.91 Å². The maximum atomic E-state index is 12.4. The van der Waals surface area contributed by atoms with E-state index in [0.717, 1.165) is 25.9 Å². The standard InChI is InChI=1S/C12H19ClN4O/c1-9(17-8-10(13)11(14)15-17)12(18)16-6-4-2-3-5-7-16/h8-9H,2-7H2,1H3,(H2,14,15). The van der Waals surface area contributed by atoms with Gasteiger partial charge in [-0.25, -0.2) is 0 Å². The lowest BCUT2D eigenvalue weighted by atomic mass is 10.2. The van der Waals surface area contributed by atoms with Gasteiger partial charge < -0.3 is 10.6 Å². The molecule has 1 saturated heterocycles. The SMILES string of the molecule is CC(C(=O)N1CCCCCC1)n1cc(Cl)c(N)n1. The molecule has 0 spiro atoms. The summed E-state index contributed by atoms with van der Waals surface area (Å²) in [6, 6.07) is -0.349. The number of halogens is 1. The van der Waals surface area contributed by atoms with Gasteiger partial charge in [0, 0.05) is 19.3 Å². The van der Waals surface area contributed by atoms with Gasteiger partial charge >= 0.3 is 0 Å². The van der Waals surface area contributed by atoms with Crippen LogP contribution in [0.4, 0.5) is 5.82 Å². The Balaban J connectivity index is 2.07. The average Bonchev–Trinajstić information content (AvgIpc) is 2.61. The summed E-state index contributed by atoms with van der Waals surface area (Å²) in [5, 5.41) is 4.46. The minimum atomic E-state index is -0.349. The number of nitrogens with two attached hydrogens (primary N) is 1. The van der Waals surface area contributed by atoms with Crippen LogP contribution in [0.3, 0.4) is 0 Å². The van der Waals surface area contributed by atoms with Crippen LogP contribution < -0.4 is 5.73 Å². The summed E-state index contributed by atoms with van der Waals surface area (Å²) in [4.78, 5) is 14.3. The van der Waals surface area contributed by atoms with E-state index in [9.17, 15) is 4.79 Å². The Bertz CT molecular complexity index is 404. The topological polar surface area (TPSA) is 64.2 Å². The molecule has 1 amide bonds. The van der Waals surface area contributed by atoms with Crippen LogP contribution >= 0.6 is 11.6 Å². The molecule has 0 bridgehead atoms. The fraction of sp³-hybridized carbons (Fsp3) is 0.667. The highest BCUT2D eigenvalue weighted by molar-refractivity contribution is 6.32. The summed E-state index contributed by atoms with van der Waals surface area (Å²) in [7, 11) is 0. The average molecular weight is 271 g/mol. The van der Waals surface area contributed by atoms with Crippen molar-refractivity contribution in [3.8, 4) is 0 Å². The Morgan fingerprint density at radius 3 is 2.50 bits per heavy atom. The summed E-state index contributed by atoms with van der Waals surface area (Å²) in [5.74, 6) is 0.364. The molecule has 18 heavy (non-hydrogen) atoms. The third kappa shape index (κ3) is 2.77. The van der Waals surface area contributed by atoms with E-state index >= 15 is 0 Å². The van der Waals surface area contributed by atoms with E-state index in [2.05, 4.69) is 5.10 Å². The van der Waals surface area contributed by atoms with Crippen molar-refractivity contribution in [3.63, 3.8) is 0 Å². The number of hydrogen-bond acceptors (Lipinski definition) is 3. The second kappa shape index (κ2) is 5.61. The number of aromatic nitrogens is 2. The first-order valence-corrected chi connectivity index (χ1v) is 6.76. The molecule has 2 heterocycles. The number of likely N-dealkylation sites (tertiary alicyclic amines) is 1. The zero-order chi connectivity index (χ0) is 13.1. The maximum Gasteiger partial charge on any atom is 0.247 e. The summed E-state index contributed by atoms with van der Waals surface area (Å²) in [6.45, 7) is 3.51. The molecule has 0 aliphatic carbocycles. The van der Waals surface area contributed by atoms with Gasteiger partial charge in [-0.1, -0.05) is 24.4 Å². The van der Waals surface area contributed by atoms with E-state index in [1.807, 2.05) is 11.8 Å². The number of amides is 1. The lowest BCUT2D eigenvalue weighted by Crippen LogP contribution is -2.37. The molecule has 1 atom stereocenters. The molecular formula is C12H19ClN4O. The highest BCUT2D eigenvalue weighted by atomic mass is 35.5. The molecule has 1 aliphatic rings. The van der Waals surface area contributed by atoms with Crippen LogP contribution in [0.2, 0.25) is 5.02 Å². The molecule has 1 aliphatic heterocycles. The minimum absolute atomic E-state index is 0.0936. The smallest absolute Gasteiger partial charge is 0.247 e. The predicted molar refractivity (Wildman–Crippen MR) is 71.4 cm³/mol. The number of hydrogen-bond donors (Lipinski definition) is 1. The third-order valence-electron chi connectivity index (χ3n) is 3.39. The van der Waals surface area contributed by atoms with Gasteiger partial charge in [-0.2, -0.15) is 5.10 Å². The number of rotatable bonds is 2. The molecule has 1 fully saturated rings. The third-order valence-corrected chi connectivity index (χ3v) is 3.68. The first kappa shape index (κ1) is 13.2. The molecule has 0 radical (unpaired) electrons. The number of nitrogen functional groups attached to an aromatic ring is 1. The molecular weight excluding hydrogens is 252 g/mol. The van der Waals surface area contributed by atoms with Crippen molar-refractivity contribution in [1.29, 1.82) is 0 Å². The number of carbonyl (C=O) groups is 1. The van der Waals surface area contributed by atoms with Crippen LogP contribution in [-0.2, 0) is 4.79 Å². The van der Waals surface area contributed by atoms with Crippen LogP contribution in [0.25, 0.3) is 0 Å². The molecule has 1 unspecified atom stereocenters. The van der Waals surface area contributed by atoms with E-state index in [0.29, 0.717) is 5.02 Å². The van der Waals surface area contributed by atoms with Crippen LogP contribution in [-0.4, -0.2) is 33.7 Å². The molecule has 2 N–H and O–H groups in total. The summed E-state index contributed by atoms with van der Waals surface area (Å²) < 4.78 is 1.55. The van der Waals surface area contributed by atoms with Crippen molar-refractivity contribution in [2.45, 2.75) is 38.6 Å². The van der Waals surface area contributed by atoms with Gasteiger partial charge in [-0.05, 0) is 19.8 Å². The van der Waals surface area contributed by atoms with Gasteiger partial charge in [-0.3, -0.25) is 9.48 Å². The highest BCUT2D eigenvalue weighted by Gasteiger charge is 2.23. The van der Waals surface area contributed by atoms with E-state index in [1.165, 1.54) is 12.8 Å². The molecule has 0 saturated carbocycles. The second-order valence-corrected chi connectivity index (χ2v) is 5.16. The Kier molecular flexibility index (Phi) is 4.11. The first-order chi connectivity index (χ1) is 8.59. The predicted octanol–water partition coefficient (Wildman–Crippen LogP) is 2.08. The number of nitrogens with zero attached hydrogens (tertiary/aromatic N) is 3. The zero-order valence-corrected chi connectivity index (χ0v) is 11.4. The van der Waals surface area contributed by atoms with E-state index in [1.54, 1.807) is 10.9 Å². The fourth-order valence-corrected chi connectivity index (χ4v) is 2.39. The van der Waals surface area contributed by atoms with Gasteiger partial charge in [-0.15, -0.1) is 0 Å². The van der Waals surface area contributed by atoms with Crippen LogP contribution in [0.15, 0.2) is 6.20 Å². The molecule has 2 rings (SSSR count). The van der Waals surface area contributed by atoms with E-state index < -0.39 is 0 Å². The van der Waals surface area contributed by atoms with Crippen molar-refractivity contribution in [1.82, 2.24) is 14.7 Å². The molecule has 5 nitrogen and oxygen atoms in total. The van der Waals surface area contributed by atoms with Crippen LogP contribution in [0.5, 0.6) is 0 Å². The summed E-state index contributed by atoms with van der Waals surface area (Å²) >= 11 is 5.86. The maximum absolute atomic E-state index is 12.4. The Labute approximate surface area is 112 Å². The minimum Gasteiger partial charge on any atom is -0.381 e. The molecule has 1 aromatic heterocycles. The molecule has 6 heteroatoms. The Hall–Kier alpha value is -1.23. The van der Waals surface area contributed by atoms with Crippen LogP contribution in [0, 0.1) is 0 Å². The molecule has 0 aromatic carbocycles. The van der Waals surface area contributed by atoms with Gasteiger partial charge in [0.05, 0.1) is 0 Å². The van der Waals surface area contributed by atoms with Gasteiger partial charge in [0.1, 0.15) is 11.1 Å². The van der Waals surface area contributed by atoms with Gasteiger partial charge in [0.15, 0.2) is 5.82 Å². The van der Waals surface area contributed by atoms with E-state index in [-0.39, 0.29) is 17.8 Å². The lowest BCUT2D eigenvalue weighted by Gasteiger charge is -2.24. The van der Waals surface area contributed by atoms with Crippen LogP contribution in [0.1, 0.15) is 38.6 Å². The van der Waals surface area contributed by atoms with Crippen molar-refractivity contribution in [2.75, 3.05) is 18.8 Å². The van der Waals surface area contributed by atoms with Crippen molar-refractivity contribution in [3.05, 3.63) is 11.2 Å². The number of anilines is 1. The van der Waals surface area contributed by atoms with Crippen molar-refractivity contribution in [2.24, 2.45) is 0 Å². The zero-order valence-electron chi connectivity index (χ0n) is 10.6. The van der Waals surface area contributed by atoms with E-state index in [4.69, 9.17) is 17.3 Å². The number of carbonyl (C=O) groups excluding carboxylic acids is 1. The molecule has 1 aromatic rings. The fourth-order valence-electron chi connectivity index (χ4n) is 2.25. The largest absolute Gasteiger partial charge is 0.381 e. The quantitative estimate of drug-likeness (QED) is 0.895. The van der Waals surface area contributed by atoms with Crippen molar-refractivity contribution >= 4 is 23.3 Å². The van der Waals surface area contributed by atoms with Crippen molar-refractivity contribution < 1.29 is 4.79 Å². The monoisotopic (exact) mass is 270 g/mol. The highest BCUT2D eigenvalue weighted by Crippen LogP contribution is 2.20. The molecule has 100 valence electrons. The normalized spacial score (nSPS) is 18.4. The lowest BCUT2D eigenvalue weighted by molar-refractivity contribution is -0.134. The van der Waals surface area contributed by atoms with Gasteiger partial charge in [0.25, 0.3) is 0 Å². The Morgan fingerprint density at radius 1 is 1.39 bits per heavy atom.